The van der Waals surface area contributed by atoms with Gasteiger partial charge in [0.1, 0.15) is 0 Å². The molecule has 0 aromatic carbocycles. The maximum absolute atomic E-state index is 9.28. The molecule has 0 fully saturated rings. The van der Waals surface area contributed by atoms with E-state index in [9.17, 15) is 10.0 Å². The van der Waals surface area contributed by atoms with Gasteiger partial charge < -0.3 is 10.0 Å². The fourth-order valence-corrected chi connectivity index (χ4v) is 2.12. The van der Waals surface area contributed by atoms with Crippen LogP contribution in [0.1, 0.15) is 25.7 Å². The minimum absolute atomic E-state index is 0.669. The van der Waals surface area contributed by atoms with Gasteiger partial charge in [-0.1, -0.05) is 30.4 Å². The molecule has 0 atom stereocenters. The lowest BCUT2D eigenvalue weighted by Crippen LogP contribution is -2.18. The molecule has 0 aromatic heterocycles. The highest BCUT2D eigenvalue weighted by Crippen LogP contribution is 2.30. The second kappa shape index (κ2) is 4.64. The molecule has 2 aliphatic carbocycles. The van der Waals surface area contributed by atoms with Crippen LogP contribution < -0.4 is 0 Å². The lowest BCUT2D eigenvalue weighted by atomic mass is 9.71. The summed E-state index contributed by atoms with van der Waals surface area (Å²) in [6.45, 7) is 0. The number of rotatable bonds is 2. The van der Waals surface area contributed by atoms with E-state index in [2.05, 4.69) is 12.2 Å². The van der Waals surface area contributed by atoms with Gasteiger partial charge in [0.2, 0.25) is 0 Å². The molecule has 3 heteroatoms. The summed E-state index contributed by atoms with van der Waals surface area (Å²) in [7, 11) is -1.34. The fraction of sp³-hybridized carbons (Fsp3) is 0.333. The van der Waals surface area contributed by atoms with Crippen LogP contribution in [-0.4, -0.2) is 17.2 Å². The lowest BCUT2D eigenvalue weighted by Gasteiger charge is -2.19. The normalized spacial score (nSPS) is 20.5. The van der Waals surface area contributed by atoms with Crippen molar-refractivity contribution in [3.8, 4) is 0 Å². The van der Waals surface area contributed by atoms with Crippen LogP contribution in [0.15, 0.2) is 47.0 Å². The number of hydrogen-bond donors (Lipinski definition) is 2. The molecule has 0 aromatic rings. The van der Waals surface area contributed by atoms with Crippen LogP contribution >= 0.6 is 0 Å². The van der Waals surface area contributed by atoms with E-state index in [0.29, 0.717) is 5.47 Å². The Morgan fingerprint density at radius 1 is 1.07 bits per heavy atom. The van der Waals surface area contributed by atoms with Gasteiger partial charge in [-0.15, -0.1) is 0 Å². The van der Waals surface area contributed by atoms with E-state index >= 15 is 0 Å². The first-order valence-corrected chi connectivity index (χ1v) is 5.41. The summed E-state index contributed by atoms with van der Waals surface area (Å²) in [5.74, 6) is 0. The zero-order chi connectivity index (χ0) is 10.7. The van der Waals surface area contributed by atoms with Gasteiger partial charge in [-0.05, 0) is 42.3 Å². The Hall–Kier alpha value is -1.06. The SMILES string of the molecule is OB(O)C1=C(C2=CC=CCC2)CCC=C1. The van der Waals surface area contributed by atoms with E-state index in [4.69, 9.17) is 0 Å². The van der Waals surface area contributed by atoms with Crippen molar-refractivity contribution in [3.63, 3.8) is 0 Å². The van der Waals surface area contributed by atoms with Gasteiger partial charge in [0.15, 0.2) is 0 Å². The van der Waals surface area contributed by atoms with Crippen LogP contribution in [0.2, 0.25) is 0 Å². The monoisotopic (exact) mass is 202 g/mol. The van der Waals surface area contributed by atoms with Crippen molar-refractivity contribution in [2.24, 2.45) is 0 Å². The summed E-state index contributed by atoms with van der Waals surface area (Å²) in [6, 6.07) is 0. The van der Waals surface area contributed by atoms with Crippen molar-refractivity contribution in [3.05, 3.63) is 47.0 Å². The van der Waals surface area contributed by atoms with Crippen molar-refractivity contribution in [2.45, 2.75) is 25.7 Å². The Balaban J connectivity index is 2.34. The lowest BCUT2D eigenvalue weighted by molar-refractivity contribution is 0.419. The Labute approximate surface area is 90.5 Å². The molecule has 0 saturated heterocycles. The molecule has 2 rings (SSSR count). The molecule has 2 aliphatic rings. The van der Waals surface area contributed by atoms with Crippen molar-refractivity contribution >= 4 is 7.12 Å². The summed E-state index contributed by atoms with van der Waals surface area (Å²) in [5.41, 5.74) is 3.05. The van der Waals surface area contributed by atoms with Gasteiger partial charge in [0.25, 0.3) is 0 Å². The van der Waals surface area contributed by atoms with E-state index < -0.39 is 7.12 Å². The van der Waals surface area contributed by atoms with Crippen LogP contribution in [0.3, 0.4) is 0 Å². The third-order valence-corrected chi connectivity index (χ3v) is 2.89. The predicted molar refractivity (Wildman–Crippen MR) is 62.0 cm³/mol. The standard InChI is InChI=1S/C12H15BO2/c14-13(15)12-9-5-4-8-11(12)10-6-2-1-3-7-10/h1-2,5-6,9,14-15H,3-4,7-8H2. The summed E-state index contributed by atoms with van der Waals surface area (Å²) in [6.07, 6.45) is 14.1. The first kappa shape index (κ1) is 10.5. The van der Waals surface area contributed by atoms with Crippen molar-refractivity contribution in [1.29, 1.82) is 0 Å². The maximum Gasteiger partial charge on any atom is 0.488 e. The second-order valence-corrected chi connectivity index (χ2v) is 3.91. The first-order valence-electron chi connectivity index (χ1n) is 5.41. The molecule has 0 bridgehead atoms. The molecule has 0 amide bonds. The van der Waals surface area contributed by atoms with E-state index in [1.165, 1.54) is 5.57 Å². The van der Waals surface area contributed by atoms with Gasteiger partial charge in [-0.25, -0.2) is 0 Å². The van der Waals surface area contributed by atoms with E-state index in [-0.39, 0.29) is 0 Å². The molecule has 2 nitrogen and oxygen atoms in total. The van der Waals surface area contributed by atoms with Gasteiger partial charge in [-0.2, -0.15) is 0 Å². The Morgan fingerprint density at radius 3 is 2.53 bits per heavy atom. The zero-order valence-electron chi connectivity index (χ0n) is 8.69. The summed E-state index contributed by atoms with van der Waals surface area (Å²) >= 11 is 0. The second-order valence-electron chi connectivity index (χ2n) is 3.91. The van der Waals surface area contributed by atoms with Gasteiger partial charge >= 0.3 is 7.12 Å². The van der Waals surface area contributed by atoms with Crippen LogP contribution in [0.4, 0.5) is 0 Å². The first-order chi connectivity index (χ1) is 7.29. The largest absolute Gasteiger partial charge is 0.488 e. The van der Waals surface area contributed by atoms with Crippen molar-refractivity contribution in [2.75, 3.05) is 0 Å². The highest BCUT2D eigenvalue weighted by molar-refractivity contribution is 6.52. The highest BCUT2D eigenvalue weighted by atomic mass is 16.4. The molecule has 0 unspecified atom stereocenters. The van der Waals surface area contributed by atoms with E-state index in [1.54, 1.807) is 0 Å². The Morgan fingerprint density at radius 2 is 1.87 bits per heavy atom. The molecule has 0 radical (unpaired) electrons. The Bertz CT molecular complexity index is 362. The smallest absolute Gasteiger partial charge is 0.423 e. The topological polar surface area (TPSA) is 40.5 Å². The molecular formula is C12H15BO2. The number of hydrogen-bond acceptors (Lipinski definition) is 2. The van der Waals surface area contributed by atoms with Gasteiger partial charge in [0, 0.05) is 0 Å². The Kier molecular flexibility index (Phi) is 3.24. The molecule has 15 heavy (non-hydrogen) atoms. The summed E-state index contributed by atoms with van der Waals surface area (Å²) < 4.78 is 0. The van der Waals surface area contributed by atoms with Crippen LogP contribution in [0.25, 0.3) is 0 Å². The average molecular weight is 202 g/mol. The summed E-state index contributed by atoms with van der Waals surface area (Å²) in [4.78, 5) is 0. The molecule has 0 heterocycles. The maximum atomic E-state index is 9.28. The molecular weight excluding hydrogens is 187 g/mol. The third-order valence-electron chi connectivity index (χ3n) is 2.89. The van der Waals surface area contributed by atoms with E-state index in [0.717, 1.165) is 31.3 Å². The molecule has 78 valence electrons. The van der Waals surface area contributed by atoms with Crippen LogP contribution in [0, 0.1) is 0 Å². The highest BCUT2D eigenvalue weighted by Gasteiger charge is 2.21. The van der Waals surface area contributed by atoms with E-state index in [1.807, 2.05) is 18.2 Å². The zero-order valence-corrected chi connectivity index (χ0v) is 8.69. The molecule has 0 saturated carbocycles. The minimum Gasteiger partial charge on any atom is -0.423 e. The average Bonchev–Trinajstić information content (AvgIpc) is 2.30. The fourth-order valence-electron chi connectivity index (χ4n) is 2.12. The molecule has 2 N–H and O–H groups in total. The third kappa shape index (κ3) is 2.30. The van der Waals surface area contributed by atoms with Gasteiger partial charge in [0.05, 0.1) is 0 Å². The minimum atomic E-state index is -1.34. The molecule has 0 spiro atoms. The van der Waals surface area contributed by atoms with Gasteiger partial charge in [-0.3, -0.25) is 0 Å². The summed E-state index contributed by atoms with van der Waals surface area (Å²) in [5, 5.41) is 18.6. The van der Waals surface area contributed by atoms with Crippen LogP contribution in [0.5, 0.6) is 0 Å². The van der Waals surface area contributed by atoms with Crippen molar-refractivity contribution in [1.82, 2.24) is 0 Å². The van der Waals surface area contributed by atoms with Crippen molar-refractivity contribution < 1.29 is 10.0 Å². The number of allylic oxidation sites excluding steroid dienone is 8. The van der Waals surface area contributed by atoms with Crippen LogP contribution in [-0.2, 0) is 0 Å². The quantitative estimate of drug-likeness (QED) is 0.671. The molecule has 0 aliphatic heterocycles. The predicted octanol–water partition coefficient (Wildman–Crippen LogP) is 1.92.